The molecule has 0 saturated heterocycles. The van der Waals surface area contributed by atoms with Crippen LogP contribution >= 0.6 is 23.2 Å². The lowest BCUT2D eigenvalue weighted by atomic mass is 10.1. The van der Waals surface area contributed by atoms with Gasteiger partial charge in [-0.2, -0.15) is 9.97 Å². The van der Waals surface area contributed by atoms with Crippen molar-refractivity contribution in [3.05, 3.63) is 44.7 Å². The second-order valence-electron chi connectivity index (χ2n) is 5.94. The van der Waals surface area contributed by atoms with Gasteiger partial charge in [0.05, 0.1) is 21.0 Å². The summed E-state index contributed by atoms with van der Waals surface area (Å²) in [5, 5.41) is 4.44. The Bertz CT molecular complexity index is 983. The number of aromatic nitrogens is 3. The van der Waals surface area contributed by atoms with E-state index in [1.165, 1.54) is 0 Å². The molecule has 0 atom stereocenters. The molecule has 0 aliphatic rings. The number of fused-ring (bicyclic) bond motifs is 1. The summed E-state index contributed by atoms with van der Waals surface area (Å²) in [6.07, 6.45) is 3.26. The van der Waals surface area contributed by atoms with Crippen molar-refractivity contribution in [2.75, 3.05) is 17.6 Å². The summed E-state index contributed by atoms with van der Waals surface area (Å²) in [4.78, 5) is 23.9. The average Bonchev–Trinajstić information content (AvgIpc) is 2.59. The first-order valence-electron chi connectivity index (χ1n) is 8.40. The molecule has 8 heteroatoms. The van der Waals surface area contributed by atoms with Gasteiger partial charge in [0.15, 0.2) is 0 Å². The van der Waals surface area contributed by atoms with E-state index in [2.05, 4.69) is 27.2 Å². The Kier molecular flexibility index (Phi) is 5.64. The summed E-state index contributed by atoms with van der Waals surface area (Å²) in [5.41, 5.74) is 6.89. The van der Waals surface area contributed by atoms with Crippen molar-refractivity contribution in [1.29, 1.82) is 0 Å². The van der Waals surface area contributed by atoms with Crippen LogP contribution in [0, 0.1) is 0 Å². The second kappa shape index (κ2) is 7.93. The van der Waals surface area contributed by atoms with Crippen LogP contribution in [-0.4, -0.2) is 21.5 Å². The van der Waals surface area contributed by atoms with E-state index >= 15 is 0 Å². The molecule has 0 fully saturated rings. The molecule has 136 valence electrons. The zero-order valence-corrected chi connectivity index (χ0v) is 15.8. The molecule has 0 unspecified atom stereocenters. The molecule has 0 aliphatic carbocycles. The highest BCUT2D eigenvalue weighted by Crippen LogP contribution is 2.34. The van der Waals surface area contributed by atoms with Gasteiger partial charge < -0.3 is 16.0 Å². The fraction of sp³-hybridized carbons (Fsp3) is 0.278. The first-order valence-corrected chi connectivity index (χ1v) is 9.15. The van der Waals surface area contributed by atoms with E-state index in [1.807, 2.05) is 0 Å². The molecular formula is C18H19Cl2N5O. The van der Waals surface area contributed by atoms with Crippen LogP contribution in [0.2, 0.25) is 10.0 Å². The van der Waals surface area contributed by atoms with Crippen molar-refractivity contribution >= 4 is 46.0 Å². The molecule has 0 bridgehead atoms. The van der Waals surface area contributed by atoms with E-state index in [9.17, 15) is 4.79 Å². The molecule has 0 saturated carbocycles. The molecule has 3 aromatic rings. The van der Waals surface area contributed by atoms with Gasteiger partial charge in [-0.1, -0.05) is 49.0 Å². The van der Waals surface area contributed by atoms with E-state index < -0.39 is 0 Å². The van der Waals surface area contributed by atoms with Crippen molar-refractivity contribution in [2.45, 2.75) is 26.2 Å². The van der Waals surface area contributed by atoms with Gasteiger partial charge in [-0.3, -0.25) is 4.79 Å². The Morgan fingerprint density at radius 2 is 1.92 bits per heavy atom. The lowest BCUT2D eigenvalue weighted by molar-refractivity contribution is 0.741. The van der Waals surface area contributed by atoms with Gasteiger partial charge in [0.2, 0.25) is 5.95 Å². The Labute approximate surface area is 160 Å². The minimum Gasteiger partial charge on any atom is -0.383 e. The summed E-state index contributed by atoms with van der Waals surface area (Å²) < 4.78 is 0. The lowest BCUT2D eigenvalue weighted by Crippen LogP contribution is -2.13. The van der Waals surface area contributed by atoms with Gasteiger partial charge in [0.1, 0.15) is 11.5 Å². The van der Waals surface area contributed by atoms with Crippen molar-refractivity contribution in [2.24, 2.45) is 0 Å². The maximum Gasteiger partial charge on any atom is 0.257 e. The van der Waals surface area contributed by atoms with Gasteiger partial charge in [0.25, 0.3) is 5.56 Å². The number of unbranched alkanes of at least 4 members (excludes halogenated alkanes) is 2. The summed E-state index contributed by atoms with van der Waals surface area (Å²) in [6.45, 7) is 2.88. The Morgan fingerprint density at radius 1 is 1.19 bits per heavy atom. The molecule has 26 heavy (non-hydrogen) atoms. The summed E-state index contributed by atoms with van der Waals surface area (Å²) in [7, 11) is 0. The van der Waals surface area contributed by atoms with Gasteiger partial charge in [-0.25, -0.2) is 0 Å². The highest BCUT2D eigenvalue weighted by molar-refractivity contribution is 6.39. The molecule has 0 aliphatic heterocycles. The fourth-order valence-electron chi connectivity index (χ4n) is 2.70. The first kappa shape index (κ1) is 18.5. The predicted molar refractivity (Wildman–Crippen MR) is 108 cm³/mol. The van der Waals surface area contributed by atoms with E-state index in [0.717, 1.165) is 25.8 Å². The maximum absolute atomic E-state index is 12.6. The molecule has 2 heterocycles. The normalized spacial score (nSPS) is 11.0. The molecule has 2 aromatic heterocycles. The standard InChI is InChI=1S/C18H19Cl2N5O/c1-2-3-4-8-22-18-23-15(21)11-9-10(17(26)24-16(11)25-18)14-12(19)6-5-7-13(14)20/h5-7,9H,2-4,8H2,1H3,(H4,21,22,23,24,25,26). The molecule has 3 rings (SSSR count). The number of pyridine rings is 1. The van der Waals surface area contributed by atoms with Crippen LogP contribution in [0.15, 0.2) is 29.1 Å². The molecule has 0 amide bonds. The Balaban J connectivity index is 2.04. The fourth-order valence-corrected chi connectivity index (χ4v) is 3.31. The highest BCUT2D eigenvalue weighted by atomic mass is 35.5. The van der Waals surface area contributed by atoms with E-state index in [0.29, 0.717) is 38.2 Å². The second-order valence-corrected chi connectivity index (χ2v) is 6.75. The van der Waals surface area contributed by atoms with Crippen molar-refractivity contribution in [3.63, 3.8) is 0 Å². The lowest BCUT2D eigenvalue weighted by Gasteiger charge is -2.10. The van der Waals surface area contributed by atoms with Crippen LogP contribution in [0.4, 0.5) is 11.8 Å². The SMILES string of the molecule is CCCCCNc1nc(N)c2cc(-c3c(Cl)cccc3Cl)c(=O)[nH]c2n1. The van der Waals surface area contributed by atoms with Gasteiger partial charge in [-0.15, -0.1) is 0 Å². The average molecular weight is 392 g/mol. The van der Waals surface area contributed by atoms with Crippen molar-refractivity contribution in [1.82, 2.24) is 15.0 Å². The van der Waals surface area contributed by atoms with Crippen LogP contribution in [0.5, 0.6) is 0 Å². The maximum atomic E-state index is 12.6. The van der Waals surface area contributed by atoms with Gasteiger partial charge in [-0.05, 0) is 24.6 Å². The highest BCUT2D eigenvalue weighted by Gasteiger charge is 2.15. The number of nitrogens with zero attached hydrogens (tertiary/aromatic N) is 2. The third-order valence-electron chi connectivity index (χ3n) is 4.04. The van der Waals surface area contributed by atoms with Crippen molar-refractivity contribution < 1.29 is 0 Å². The van der Waals surface area contributed by atoms with Crippen LogP contribution in [0.1, 0.15) is 26.2 Å². The van der Waals surface area contributed by atoms with Crippen LogP contribution in [0.3, 0.4) is 0 Å². The third kappa shape index (κ3) is 3.76. The van der Waals surface area contributed by atoms with Crippen LogP contribution in [0.25, 0.3) is 22.2 Å². The number of anilines is 2. The number of H-pyrrole nitrogens is 1. The van der Waals surface area contributed by atoms with Crippen LogP contribution < -0.4 is 16.6 Å². The number of aromatic amines is 1. The molecule has 6 nitrogen and oxygen atoms in total. The smallest absolute Gasteiger partial charge is 0.257 e. The number of rotatable bonds is 6. The minimum atomic E-state index is -0.345. The molecular weight excluding hydrogens is 373 g/mol. The number of halogens is 2. The summed E-state index contributed by atoms with van der Waals surface area (Å²) >= 11 is 12.5. The molecule has 0 spiro atoms. The summed E-state index contributed by atoms with van der Waals surface area (Å²) in [5.74, 6) is 0.666. The van der Waals surface area contributed by atoms with Gasteiger partial charge >= 0.3 is 0 Å². The third-order valence-corrected chi connectivity index (χ3v) is 4.67. The van der Waals surface area contributed by atoms with Crippen molar-refractivity contribution in [3.8, 4) is 11.1 Å². The Morgan fingerprint density at radius 3 is 2.62 bits per heavy atom. The van der Waals surface area contributed by atoms with E-state index in [-0.39, 0.29) is 11.4 Å². The number of nitrogens with two attached hydrogens (primary N) is 1. The van der Waals surface area contributed by atoms with E-state index in [1.54, 1.807) is 24.3 Å². The van der Waals surface area contributed by atoms with Crippen LogP contribution in [-0.2, 0) is 0 Å². The number of hydrogen-bond acceptors (Lipinski definition) is 5. The predicted octanol–water partition coefficient (Wildman–Crippen LogP) is 4.48. The molecule has 0 radical (unpaired) electrons. The van der Waals surface area contributed by atoms with Gasteiger partial charge in [0, 0.05) is 12.1 Å². The topological polar surface area (TPSA) is 96.7 Å². The quantitative estimate of drug-likeness (QED) is 0.538. The first-order chi connectivity index (χ1) is 12.5. The summed E-state index contributed by atoms with van der Waals surface area (Å²) in [6, 6.07) is 6.69. The largest absolute Gasteiger partial charge is 0.383 e. The monoisotopic (exact) mass is 391 g/mol. The number of nitrogen functional groups attached to an aromatic ring is 1. The van der Waals surface area contributed by atoms with E-state index in [4.69, 9.17) is 28.9 Å². The number of benzene rings is 1. The minimum absolute atomic E-state index is 0.272. The zero-order chi connectivity index (χ0) is 18.7. The number of hydrogen-bond donors (Lipinski definition) is 3. The molecule has 4 N–H and O–H groups in total. The zero-order valence-electron chi connectivity index (χ0n) is 14.3. The number of nitrogens with one attached hydrogen (secondary N) is 2. The Hall–Kier alpha value is -2.31. The molecule has 1 aromatic carbocycles.